The lowest BCUT2D eigenvalue weighted by molar-refractivity contribution is -0.671. The van der Waals surface area contributed by atoms with Gasteiger partial charge in [-0.25, -0.2) is 4.57 Å². The van der Waals surface area contributed by atoms with Gasteiger partial charge in [0, 0.05) is 43.6 Å². The van der Waals surface area contributed by atoms with Crippen molar-refractivity contribution in [2.45, 2.75) is 115 Å². The van der Waals surface area contributed by atoms with Crippen molar-refractivity contribution in [2.24, 2.45) is 24.6 Å². The predicted molar refractivity (Wildman–Crippen MR) is 199 cm³/mol. The minimum absolute atomic E-state index is 0.0239. The molecule has 53 heavy (non-hydrogen) atoms. The monoisotopic (exact) mass is 733 g/mol. The summed E-state index contributed by atoms with van der Waals surface area (Å²) in [6.45, 7) is 5.56. The molecule has 1 aromatic heterocycles. The molecule has 1 aliphatic carbocycles. The van der Waals surface area contributed by atoms with Crippen LogP contribution in [0.5, 0.6) is 0 Å². The summed E-state index contributed by atoms with van der Waals surface area (Å²) >= 11 is 0. The molecule has 0 unspecified atom stereocenters. The zero-order chi connectivity index (χ0) is 38.7. The first-order chi connectivity index (χ1) is 25.2. The van der Waals surface area contributed by atoms with E-state index in [1.54, 1.807) is 24.3 Å². The van der Waals surface area contributed by atoms with Crippen molar-refractivity contribution in [3.05, 3.63) is 59.9 Å². The van der Waals surface area contributed by atoms with Crippen LogP contribution in [0.15, 0.2) is 48.8 Å². The normalized spacial score (nSPS) is 18.4. The third kappa shape index (κ3) is 12.0. The highest BCUT2D eigenvalue weighted by atomic mass is 16.2. The van der Waals surface area contributed by atoms with Crippen LogP contribution >= 0.6 is 0 Å². The van der Waals surface area contributed by atoms with Gasteiger partial charge in [0.25, 0.3) is 0 Å². The second-order valence-corrected chi connectivity index (χ2v) is 15.0. The van der Waals surface area contributed by atoms with E-state index in [0.29, 0.717) is 44.3 Å². The van der Waals surface area contributed by atoms with Gasteiger partial charge in [-0.1, -0.05) is 45.2 Å². The van der Waals surface area contributed by atoms with Crippen LogP contribution < -0.4 is 37.3 Å². The van der Waals surface area contributed by atoms with Crippen LogP contribution in [-0.4, -0.2) is 77.1 Å². The molecule has 8 N–H and O–H groups in total. The molecule has 288 valence electrons. The summed E-state index contributed by atoms with van der Waals surface area (Å²) in [5.74, 6) is -3.15. The predicted octanol–water partition coefficient (Wildman–Crippen LogP) is 0.940. The quantitative estimate of drug-likeness (QED) is 0.109. The molecule has 14 heteroatoms. The van der Waals surface area contributed by atoms with Crippen LogP contribution in [0.3, 0.4) is 0 Å². The molecular formula is C39H57N8O6+. The first-order valence-electron chi connectivity index (χ1n) is 18.8. The Bertz CT molecular complexity index is 1610. The summed E-state index contributed by atoms with van der Waals surface area (Å²) in [7, 11) is 1.85. The number of nitrogens with one attached hydrogen (secondary N) is 4. The highest BCUT2D eigenvalue weighted by molar-refractivity contribution is 5.96. The molecule has 5 atom stereocenters. The summed E-state index contributed by atoms with van der Waals surface area (Å²) in [6.07, 6.45) is 9.58. The van der Waals surface area contributed by atoms with E-state index in [2.05, 4.69) is 21.3 Å². The summed E-state index contributed by atoms with van der Waals surface area (Å²) in [6, 6.07) is 5.94. The van der Waals surface area contributed by atoms with Crippen LogP contribution in [0.25, 0.3) is 0 Å². The molecule has 2 aliphatic rings. The van der Waals surface area contributed by atoms with E-state index < -0.39 is 59.7 Å². The van der Waals surface area contributed by atoms with Crippen molar-refractivity contribution in [1.29, 1.82) is 0 Å². The van der Waals surface area contributed by atoms with Gasteiger partial charge in [0.15, 0.2) is 12.4 Å². The zero-order valence-corrected chi connectivity index (χ0v) is 31.4. The van der Waals surface area contributed by atoms with E-state index in [4.69, 9.17) is 11.5 Å². The number of pyridine rings is 1. The molecule has 2 heterocycles. The summed E-state index contributed by atoms with van der Waals surface area (Å²) in [5.41, 5.74) is 13.6. The molecule has 1 aliphatic heterocycles. The maximum absolute atomic E-state index is 14.4. The minimum atomic E-state index is -1.11. The van der Waals surface area contributed by atoms with Gasteiger partial charge in [-0.3, -0.25) is 28.8 Å². The Morgan fingerprint density at radius 3 is 2.04 bits per heavy atom. The van der Waals surface area contributed by atoms with Crippen LogP contribution in [0.1, 0.15) is 83.3 Å². The number of nitrogens with two attached hydrogens (primary N) is 2. The van der Waals surface area contributed by atoms with Crippen LogP contribution in [0, 0.1) is 11.8 Å². The number of aryl methyl sites for hydroxylation is 1. The van der Waals surface area contributed by atoms with Gasteiger partial charge >= 0.3 is 0 Å². The van der Waals surface area contributed by atoms with Gasteiger partial charge in [-0.15, -0.1) is 0 Å². The first-order valence-corrected chi connectivity index (χ1v) is 18.8. The Morgan fingerprint density at radius 1 is 0.792 bits per heavy atom. The lowest BCUT2D eigenvalue weighted by Crippen LogP contribution is -2.61. The number of benzene rings is 1. The molecule has 1 saturated carbocycles. The number of primary amides is 1. The molecule has 0 radical (unpaired) electrons. The number of carbonyl (C=O) groups excluding carboxylic acids is 6. The molecule has 1 saturated heterocycles. The largest absolute Gasteiger partial charge is 0.399 e. The van der Waals surface area contributed by atoms with Gasteiger partial charge < -0.3 is 37.6 Å². The van der Waals surface area contributed by atoms with Crippen LogP contribution in [0.4, 0.5) is 5.69 Å². The highest BCUT2D eigenvalue weighted by Crippen LogP contribution is 2.27. The molecule has 2 aromatic rings. The molecule has 1 aromatic carbocycles. The van der Waals surface area contributed by atoms with Crippen molar-refractivity contribution in [1.82, 2.24) is 26.2 Å². The molecule has 6 amide bonds. The number of likely N-dealkylation sites (tertiary alicyclic amines) is 1. The van der Waals surface area contributed by atoms with Gasteiger partial charge in [-0.05, 0) is 67.7 Å². The van der Waals surface area contributed by atoms with Gasteiger partial charge in [0.05, 0.1) is 0 Å². The topological polar surface area (TPSA) is 210 Å². The zero-order valence-electron chi connectivity index (χ0n) is 31.4. The maximum atomic E-state index is 14.4. The average Bonchev–Trinajstić information content (AvgIpc) is 3.61. The van der Waals surface area contributed by atoms with Gasteiger partial charge in [0.2, 0.25) is 35.4 Å². The molecular weight excluding hydrogens is 676 g/mol. The van der Waals surface area contributed by atoms with E-state index in [9.17, 15) is 28.8 Å². The Labute approximate surface area is 312 Å². The van der Waals surface area contributed by atoms with Crippen molar-refractivity contribution in [2.75, 3.05) is 12.3 Å². The summed E-state index contributed by atoms with van der Waals surface area (Å²) < 4.78 is 1.84. The van der Waals surface area contributed by atoms with E-state index in [1.807, 2.05) is 50.0 Å². The summed E-state index contributed by atoms with van der Waals surface area (Å²) in [5, 5.41) is 11.5. The van der Waals surface area contributed by atoms with E-state index in [-0.39, 0.29) is 30.6 Å². The first kappa shape index (κ1) is 40.8. The van der Waals surface area contributed by atoms with Crippen molar-refractivity contribution in [3.63, 3.8) is 0 Å². The highest BCUT2D eigenvalue weighted by Gasteiger charge is 2.39. The number of hydrogen-bond donors (Lipinski definition) is 6. The van der Waals surface area contributed by atoms with E-state index >= 15 is 0 Å². The van der Waals surface area contributed by atoms with Crippen molar-refractivity contribution in [3.8, 4) is 0 Å². The van der Waals surface area contributed by atoms with Crippen molar-refractivity contribution >= 4 is 41.1 Å². The standard InChI is InChI=1S/C39H56N8O6/c1-24(2)20-32(39(53)47-19-9-13-33(47)35(41)49)44-36(50)31(22-27-10-8-18-46(4)23-27)43-38(52)34(28-11-6-5-7-12-28)45-37(51)30(42-25(3)48)21-26-14-16-29(40)17-15-26/h8,10,14-18,23-24,28,30-34H,5-7,9,11-13,19-22,40H2,1-4H3,(H5-,41,42,43,44,45,48,49,50,51,52)/p+1/t30-,31+,32+,33+,34+/m1/s1. The number of rotatable bonds is 16. The lowest BCUT2D eigenvalue weighted by atomic mass is 9.83. The number of nitrogens with zero attached hydrogens (tertiary/aromatic N) is 2. The number of nitrogen functional groups attached to an aromatic ring is 1. The molecule has 2 fully saturated rings. The maximum Gasteiger partial charge on any atom is 0.245 e. The van der Waals surface area contributed by atoms with Crippen LogP contribution in [-0.2, 0) is 48.7 Å². The van der Waals surface area contributed by atoms with E-state index in [0.717, 1.165) is 30.4 Å². The SMILES string of the molecule is CC(=O)N[C@H](Cc1ccc(N)cc1)C(=O)N[C@H](C(=O)N[C@@H](Cc1ccc[n+](C)c1)C(=O)N[C@@H](CC(C)C)C(=O)N1CCC[C@H]1C(N)=O)C1CCCCC1. The number of carbonyl (C=O) groups is 6. The Morgan fingerprint density at radius 2 is 1.42 bits per heavy atom. The van der Waals surface area contributed by atoms with Crippen molar-refractivity contribution < 1.29 is 33.3 Å². The molecule has 4 rings (SSSR count). The average molecular weight is 734 g/mol. The molecule has 0 spiro atoms. The number of aromatic nitrogens is 1. The van der Waals surface area contributed by atoms with Gasteiger partial charge in [0.1, 0.15) is 37.3 Å². The fourth-order valence-electron chi connectivity index (χ4n) is 7.43. The smallest absolute Gasteiger partial charge is 0.245 e. The fraction of sp³-hybridized carbons (Fsp3) is 0.564. The van der Waals surface area contributed by atoms with E-state index in [1.165, 1.54) is 11.8 Å². The Hall–Kier alpha value is -5.01. The third-order valence-electron chi connectivity index (χ3n) is 10.1. The number of hydrogen-bond acceptors (Lipinski definition) is 7. The second-order valence-electron chi connectivity index (χ2n) is 15.0. The summed E-state index contributed by atoms with van der Waals surface area (Å²) in [4.78, 5) is 82.1. The lowest BCUT2D eigenvalue weighted by Gasteiger charge is -2.33. The molecule has 0 bridgehead atoms. The fourth-order valence-corrected chi connectivity index (χ4v) is 7.43. The second kappa shape index (κ2) is 19.2. The van der Waals surface area contributed by atoms with Gasteiger partial charge in [-0.2, -0.15) is 0 Å². The Kier molecular flexibility index (Phi) is 14.7. The number of amides is 6. The molecule has 14 nitrogen and oxygen atoms in total. The van der Waals surface area contributed by atoms with Crippen LogP contribution in [0.2, 0.25) is 0 Å². The third-order valence-corrected chi connectivity index (χ3v) is 10.1. The minimum Gasteiger partial charge on any atom is -0.399 e. The number of anilines is 1. The Balaban J connectivity index is 1.61.